The van der Waals surface area contributed by atoms with Crippen LogP contribution < -0.4 is 0 Å². The van der Waals surface area contributed by atoms with Gasteiger partial charge in [-0.05, 0) is 51.1 Å². The van der Waals surface area contributed by atoms with Gasteiger partial charge in [0.1, 0.15) is 11.2 Å². The van der Waals surface area contributed by atoms with E-state index in [1.54, 1.807) is 24.3 Å². The van der Waals surface area contributed by atoms with E-state index < -0.39 is 148 Å². The second-order valence-corrected chi connectivity index (χ2v) is 12.6. The van der Waals surface area contributed by atoms with E-state index in [0.717, 1.165) is 11.1 Å². The van der Waals surface area contributed by atoms with Crippen LogP contribution >= 0.6 is 0 Å². The zero-order valence-electron chi connectivity index (χ0n) is 47.1. The smallest absolute Gasteiger partial charge is 0.164 e. The Morgan fingerprint density at radius 3 is 1.66 bits per heavy atom. The lowest BCUT2D eigenvalue weighted by atomic mass is 9.83. The predicted octanol–water partition coefficient (Wildman–Crippen LogP) is 13.3. The van der Waals surface area contributed by atoms with Gasteiger partial charge in [0.15, 0.2) is 17.5 Å². The first kappa shape index (κ1) is 19.2. The molecular formula is C52H35N3O. The van der Waals surface area contributed by atoms with Crippen molar-refractivity contribution in [3.63, 3.8) is 0 Å². The second-order valence-electron chi connectivity index (χ2n) is 12.6. The van der Waals surface area contributed by atoms with Gasteiger partial charge in [0.05, 0.1) is 24.7 Å². The van der Waals surface area contributed by atoms with E-state index in [2.05, 4.69) is 0 Å². The molecule has 0 spiro atoms. The molecule has 1 atom stereocenters. The van der Waals surface area contributed by atoms with E-state index in [4.69, 9.17) is 38.6 Å². The minimum atomic E-state index is -1.69. The molecule has 0 fully saturated rings. The summed E-state index contributed by atoms with van der Waals surface area (Å²) in [5, 5.41) is 1.09. The van der Waals surface area contributed by atoms with Gasteiger partial charge in [0.25, 0.3) is 0 Å². The molecule has 4 heteroatoms. The Kier molecular flexibility index (Phi) is 4.96. The molecule has 10 rings (SSSR count). The van der Waals surface area contributed by atoms with Gasteiger partial charge in [-0.1, -0.05) is 194 Å². The fourth-order valence-electron chi connectivity index (χ4n) is 6.58. The summed E-state index contributed by atoms with van der Waals surface area (Å²) in [6.07, 6.45) is 0. The van der Waals surface area contributed by atoms with Gasteiger partial charge in [-0.2, -0.15) is 0 Å². The minimum Gasteiger partial charge on any atom is -0.456 e. The van der Waals surface area contributed by atoms with Crippen molar-refractivity contribution in [2.24, 2.45) is 0 Å². The Hall–Kier alpha value is -7.43. The van der Waals surface area contributed by atoms with E-state index >= 15 is 0 Å². The molecule has 8 aromatic carbocycles. The number of nitrogens with zero attached hydrogens (tertiary/aromatic N) is 3. The number of furan rings is 1. The zero-order chi connectivity index (χ0) is 52.9. The van der Waals surface area contributed by atoms with Crippen LogP contribution in [0.25, 0.3) is 78.4 Å². The zero-order valence-corrected chi connectivity index (χ0v) is 29.1. The maximum absolute atomic E-state index is 9.78. The van der Waals surface area contributed by atoms with Crippen molar-refractivity contribution in [2.75, 3.05) is 0 Å². The third kappa shape index (κ3) is 6.33. The fraction of sp³-hybridized carbons (Fsp3) is 0.0192. The number of aromatic nitrogens is 3. The average Bonchev–Trinajstić information content (AvgIpc) is 3.80. The maximum Gasteiger partial charge on any atom is 0.164 e. The van der Waals surface area contributed by atoms with E-state index in [1.165, 1.54) is 6.07 Å². The standard InChI is InChI=1S/C52H35N3O/c1-5-15-35(16-6-1)36-27-29-37(30-28-36)41-23-13-24-42(33-41)48(38-17-7-2-8-18-38)43-31-32-44-47(34-43)56-46-26-14-25-45(49(44)46)52-54-50(39-19-9-3-10-20-39)53-51(55-52)40-21-11-4-12-22-40/h1-34,48H/i1D,2D,5D,6D,7D,8D,13D,15D,16D,17D,18D,23D,24D,27D,28D,29D,30D,33D. The normalized spacial score (nSPS) is 16.4. The molecule has 0 aliphatic rings. The number of hydrogen-bond acceptors (Lipinski definition) is 4. The van der Waals surface area contributed by atoms with E-state index in [1.807, 2.05) is 66.7 Å². The third-order valence-corrected chi connectivity index (χ3v) is 9.16. The minimum absolute atomic E-state index is 0.0932. The predicted molar refractivity (Wildman–Crippen MR) is 228 cm³/mol. The van der Waals surface area contributed by atoms with Crippen molar-refractivity contribution in [1.82, 2.24) is 15.0 Å². The first-order valence-electron chi connectivity index (χ1n) is 26.4. The molecule has 0 aliphatic carbocycles. The molecule has 0 aliphatic heterocycles. The highest BCUT2D eigenvalue weighted by atomic mass is 16.3. The summed E-state index contributed by atoms with van der Waals surface area (Å²) < 4.78 is 166. The van der Waals surface area contributed by atoms with Crippen LogP contribution in [0, 0.1) is 0 Å². The summed E-state index contributed by atoms with van der Waals surface area (Å²) in [4.78, 5) is 14.6. The molecule has 264 valence electrons. The summed E-state index contributed by atoms with van der Waals surface area (Å²) in [6, 6.07) is 14.1. The molecule has 1 unspecified atom stereocenters. The van der Waals surface area contributed by atoms with Gasteiger partial charge in [-0.25, -0.2) is 15.0 Å². The molecule has 2 heterocycles. The summed E-state index contributed by atoms with van der Waals surface area (Å²) in [7, 11) is 0. The van der Waals surface area contributed by atoms with Crippen molar-refractivity contribution in [2.45, 2.75) is 5.92 Å². The number of hydrogen-bond donors (Lipinski definition) is 0. The summed E-state index contributed by atoms with van der Waals surface area (Å²) in [6.45, 7) is 0. The Morgan fingerprint density at radius 2 is 0.982 bits per heavy atom. The lowest BCUT2D eigenvalue weighted by Gasteiger charge is -2.20. The first-order chi connectivity index (χ1) is 35.2. The molecule has 4 nitrogen and oxygen atoms in total. The van der Waals surface area contributed by atoms with E-state index in [0.29, 0.717) is 39.4 Å². The molecule has 10 aromatic rings. The topological polar surface area (TPSA) is 51.8 Å². The summed E-state index contributed by atoms with van der Waals surface area (Å²) in [5.74, 6) is -0.559. The van der Waals surface area contributed by atoms with E-state index in [9.17, 15) is 5.48 Å². The average molecular weight is 736 g/mol. The molecular weight excluding hydrogens is 683 g/mol. The van der Waals surface area contributed by atoms with Crippen LogP contribution in [-0.4, -0.2) is 15.0 Å². The van der Waals surface area contributed by atoms with Crippen molar-refractivity contribution in [3.8, 4) is 56.4 Å². The Bertz CT molecular complexity index is 3870. The molecule has 2 aromatic heterocycles. The Balaban J connectivity index is 1.22. The van der Waals surface area contributed by atoms with Crippen molar-refractivity contribution in [1.29, 1.82) is 0 Å². The van der Waals surface area contributed by atoms with Crippen molar-refractivity contribution in [3.05, 3.63) is 223 Å². The SMILES string of the molecule is [2H]c1c([2H])c([2H])c(-c2c([2H])c([2H])c(-c3c([2H])c([2H])c([2H])c(C(c4ccc5c(c4)oc4cccc(-c6nc(-c7ccccc7)nc(-c7ccccc7)n6)c45)c4c([2H])c([2H])c([2H])c([2H])c4[2H])c3[2H])c([2H])c2[2H])c([2H])c1[2H]. The van der Waals surface area contributed by atoms with Crippen LogP contribution in [-0.2, 0) is 0 Å². The molecule has 56 heavy (non-hydrogen) atoms. The highest BCUT2D eigenvalue weighted by Crippen LogP contribution is 2.40. The number of rotatable bonds is 8. The molecule has 0 saturated heterocycles. The van der Waals surface area contributed by atoms with Crippen LogP contribution in [0.15, 0.2) is 210 Å². The number of fused-ring (bicyclic) bond motifs is 3. The van der Waals surface area contributed by atoms with Gasteiger partial charge in [0.2, 0.25) is 0 Å². The van der Waals surface area contributed by atoms with Crippen LogP contribution in [0.3, 0.4) is 0 Å². The van der Waals surface area contributed by atoms with Crippen LogP contribution in [0.4, 0.5) is 0 Å². The van der Waals surface area contributed by atoms with Crippen molar-refractivity contribution < 1.29 is 29.1 Å². The quantitative estimate of drug-likeness (QED) is 0.146. The lowest BCUT2D eigenvalue weighted by molar-refractivity contribution is 0.668. The van der Waals surface area contributed by atoms with Gasteiger partial charge < -0.3 is 4.42 Å². The Morgan fingerprint density at radius 1 is 0.411 bits per heavy atom. The summed E-state index contributed by atoms with van der Waals surface area (Å²) in [5.41, 5.74) is -0.885. The first-order valence-corrected chi connectivity index (χ1v) is 17.4. The van der Waals surface area contributed by atoms with Crippen LogP contribution in [0.2, 0.25) is 0 Å². The molecule has 0 radical (unpaired) electrons. The monoisotopic (exact) mass is 735 g/mol. The lowest BCUT2D eigenvalue weighted by Crippen LogP contribution is -2.03. The Labute approximate surface area is 350 Å². The van der Waals surface area contributed by atoms with Gasteiger partial charge >= 0.3 is 0 Å². The highest BCUT2D eigenvalue weighted by Gasteiger charge is 2.22. The molecule has 0 bridgehead atoms. The molecule has 0 N–H and O–H groups in total. The largest absolute Gasteiger partial charge is 0.456 e. The summed E-state index contributed by atoms with van der Waals surface area (Å²) >= 11 is 0. The fourth-order valence-corrected chi connectivity index (χ4v) is 6.58. The molecule has 0 amide bonds. The molecule has 0 saturated carbocycles. The van der Waals surface area contributed by atoms with Crippen LogP contribution in [0.5, 0.6) is 0 Å². The van der Waals surface area contributed by atoms with E-state index in [-0.39, 0.29) is 11.1 Å². The van der Waals surface area contributed by atoms with Crippen molar-refractivity contribution >= 4 is 21.9 Å². The van der Waals surface area contributed by atoms with Gasteiger partial charge in [-0.3, -0.25) is 0 Å². The third-order valence-electron chi connectivity index (χ3n) is 9.16. The van der Waals surface area contributed by atoms with Gasteiger partial charge in [-0.15, -0.1) is 0 Å². The van der Waals surface area contributed by atoms with Crippen LogP contribution in [0.1, 0.15) is 47.3 Å². The maximum atomic E-state index is 9.78. The number of benzene rings is 8. The van der Waals surface area contributed by atoms with Gasteiger partial charge in [0, 0.05) is 33.4 Å². The highest BCUT2D eigenvalue weighted by molar-refractivity contribution is 6.12. The second kappa shape index (κ2) is 14.4.